The molecule has 0 bridgehead atoms. The highest BCUT2D eigenvalue weighted by Crippen LogP contribution is 2.24. The Labute approximate surface area is 160 Å². The second-order valence-electron chi connectivity index (χ2n) is 6.54. The molecule has 0 saturated heterocycles. The highest BCUT2D eigenvalue weighted by Gasteiger charge is 2.07. The van der Waals surface area contributed by atoms with E-state index in [-0.39, 0.29) is 5.91 Å². The number of nitrogens with zero attached hydrogens (tertiary/aromatic N) is 2. The van der Waals surface area contributed by atoms with Crippen molar-refractivity contribution in [3.05, 3.63) is 78.1 Å². The topological polar surface area (TPSA) is 59.0 Å². The van der Waals surface area contributed by atoms with E-state index in [2.05, 4.69) is 52.1 Å². The summed E-state index contributed by atoms with van der Waals surface area (Å²) in [5.74, 6) is 0.0922. The molecule has 0 aliphatic carbocycles. The van der Waals surface area contributed by atoms with Crippen LogP contribution in [0.15, 0.2) is 67.0 Å². The number of rotatable bonds is 9. The number of carbonyl (C=O) groups is 1. The maximum Gasteiger partial charge on any atom is 0.220 e. The summed E-state index contributed by atoms with van der Waals surface area (Å²) in [6.07, 6.45) is 5.15. The van der Waals surface area contributed by atoms with Gasteiger partial charge in [-0.2, -0.15) is 5.10 Å². The van der Waals surface area contributed by atoms with E-state index in [9.17, 15) is 4.79 Å². The van der Waals surface area contributed by atoms with E-state index in [0.717, 1.165) is 36.2 Å². The molecular formula is C22H26N4O. The Bertz CT molecular complexity index is 841. The second-order valence-corrected chi connectivity index (χ2v) is 6.54. The number of hydrogen-bond donors (Lipinski definition) is 2. The monoisotopic (exact) mass is 362 g/mol. The van der Waals surface area contributed by atoms with E-state index in [1.807, 2.05) is 36.1 Å². The lowest BCUT2D eigenvalue weighted by molar-refractivity contribution is -0.121. The standard InChI is InChI=1S/C22H26N4O/c1-23-13-4-8-22(27)24-16-20-6-2-3-7-21(20)19-11-9-18(10-12-19)17-26-15-5-14-25-26/h2-3,5-7,9-12,14-15,23H,4,8,13,16-17H2,1H3,(H,24,27). The van der Waals surface area contributed by atoms with E-state index in [0.29, 0.717) is 13.0 Å². The summed E-state index contributed by atoms with van der Waals surface area (Å²) in [6, 6.07) is 18.7. The largest absolute Gasteiger partial charge is 0.352 e. The van der Waals surface area contributed by atoms with Crippen molar-refractivity contribution >= 4 is 5.91 Å². The molecule has 3 rings (SSSR count). The molecule has 1 heterocycles. The second kappa shape index (κ2) is 9.69. The van der Waals surface area contributed by atoms with Gasteiger partial charge in [0.15, 0.2) is 0 Å². The van der Waals surface area contributed by atoms with E-state index in [1.165, 1.54) is 5.56 Å². The number of nitrogens with one attached hydrogen (secondary N) is 2. The number of carbonyl (C=O) groups excluding carboxylic acids is 1. The lowest BCUT2D eigenvalue weighted by atomic mass is 9.98. The average Bonchev–Trinajstić information content (AvgIpc) is 3.20. The molecule has 2 N–H and O–H groups in total. The molecule has 0 unspecified atom stereocenters. The van der Waals surface area contributed by atoms with Gasteiger partial charge in [-0.25, -0.2) is 0 Å². The van der Waals surface area contributed by atoms with Crippen LogP contribution in [0.2, 0.25) is 0 Å². The zero-order valence-electron chi connectivity index (χ0n) is 15.7. The van der Waals surface area contributed by atoms with Gasteiger partial charge in [0, 0.05) is 25.4 Å². The third-order valence-corrected chi connectivity index (χ3v) is 4.49. The van der Waals surface area contributed by atoms with Crippen molar-refractivity contribution in [1.29, 1.82) is 0 Å². The first-order chi connectivity index (χ1) is 13.3. The van der Waals surface area contributed by atoms with Crippen LogP contribution in [-0.2, 0) is 17.9 Å². The molecule has 3 aromatic rings. The first-order valence-corrected chi connectivity index (χ1v) is 9.32. The molecule has 140 valence electrons. The van der Waals surface area contributed by atoms with Crippen molar-refractivity contribution in [2.75, 3.05) is 13.6 Å². The molecule has 5 nitrogen and oxygen atoms in total. The molecule has 2 aromatic carbocycles. The molecule has 1 aromatic heterocycles. The number of aromatic nitrogens is 2. The van der Waals surface area contributed by atoms with Crippen molar-refractivity contribution in [2.24, 2.45) is 0 Å². The zero-order valence-corrected chi connectivity index (χ0v) is 15.7. The van der Waals surface area contributed by atoms with Gasteiger partial charge < -0.3 is 10.6 Å². The lowest BCUT2D eigenvalue weighted by Gasteiger charge is -2.12. The minimum Gasteiger partial charge on any atom is -0.352 e. The van der Waals surface area contributed by atoms with Crippen molar-refractivity contribution in [3.63, 3.8) is 0 Å². The summed E-state index contributed by atoms with van der Waals surface area (Å²) in [5, 5.41) is 10.3. The van der Waals surface area contributed by atoms with Gasteiger partial charge in [0.05, 0.1) is 6.54 Å². The maximum atomic E-state index is 12.0. The van der Waals surface area contributed by atoms with Crippen LogP contribution >= 0.6 is 0 Å². The van der Waals surface area contributed by atoms with Crippen molar-refractivity contribution in [2.45, 2.75) is 25.9 Å². The van der Waals surface area contributed by atoms with E-state index >= 15 is 0 Å². The Hall–Kier alpha value is -2.92. The lowest BCUT2D eigenvalue weighted by Crippen LogP contribution is -2.23. The van der Waals surface area contributed by atoms with Crippen molar-refractivity contribution in [3.8, 4) is 11.1 Å². The zero-order chi connectivity index (χ0) is 18.9. The molecule has 1 amide bonds. The minimum atomic E-state index is 0.0922. The van der Waals surface area contributed by atoms with Crippen LogP contribution in [0.5, 0.6) is 0 Å². The van der Waals surface area contributed by atoms with Crippen LogP contribution < -0.4 is 10.6 Å². The van der Waals surface area contributed by atoms with Crippen molar-refractivity contribution < 1.29 is 4.79 Å². The first-order valence-electron chi connectivity index (χ1n) is 9.32. The number of amides is 1. The fraction of sp³-hybridized carbons (Fsp3) is 0.273. The SMILES string of the molecule is CNCCCC(=O)NCc1ccccc1-c1ccc(Cn2cccn2)cc1. The third kappa shape index (κ3) is 5.53. The molecule has 0 atom stereocenters. The average molecular weight is 362 g/mol. The Balaban J connectivity index is 1.65. The van der Waals surface area contributed by atoms with Gasteiger partial charge in [0.25, 0.3) is 0 Å². The van der Waals surface area contributed by atoms with Gasteiger partial charge >= 0.3 is 0 Å². The number of hydrogen-bond acceptors (Lipinski definition) is 3. The summed E-state index contributed by atoms with van der Waals surface area (Å²) in [4.78, 5) is 12.0. The normalized spacial score (nSPS) is 10.7. The molecule has 0 aliphatic rings. The predicted octanol–water partition coefficient (Wildman–Crippen LogP) is 3.21. The summed E-state index contributed by atoms with van der Waals surface area (Å²) < 4.78 is 1.91. The third-order valence-electron chi connectivity index (χ3n) is 4.49. The van der Waals surface area contributed by atoms with E-state index in [4.69, 9.17) is 0 Å². The fourth-order valence-corrected chi connectivity index (χ4v) is 3.03. The van der Waals surface area contributed by atoms with Crippen LogP contribution in [0.25, 0.3) is 11.1 Å². The van der Waals surface area contributed by atoms with Gasteiger partial charge in [-0.1, -0.05) is 48.5 Å². The summed E-state index contributed by atoms with van der Waals surface area (Å²) >= 11 is 0. The molecule has 0 spiro atoms. The minimum absolute atomic E-state index is 0.0922. The summed E-state index contributed by atoms with van der Waals surface area (Å²) in [7, 11) is 1.90. The maximum absolute atomic E-state index is 12.0. The van der Waals surface area contributed by atoms with Crippen LogP contribution in [-0.4, -0.2) is 29.3 Å². The molecule has 5 heteroatoms. The first kappa shape index (κ1) is 18.9. The molecule has 0 fully saturated rings. The van der Waals surface area contributed by atoms with Crippen molar-refractivity contribution in [1.82, 2.24) is 20.4 Å². The van der Waals surface area contributed by atoms with Gasteiger partial charge in [0.1, 0.15) is 0 Å². The van der Waals surface area contributed by atoms with Crippen LogP contribution in [0.4, 0.5) is 0 Å². The van der Waals surface area contributed by atoms with Gasteiger partial charge in [-0.15, -0.1) is 0 Å². The predicted molar refractivity (Wildman–Crippen MR) is 108 cm³/mol. The molecular weight excluding hydrogens is 336 g/mol. The number of benzene rings is 2. The van der Waals surface area contributed by atoms with Gasteiger partial charge in [0.2, 0.25) is 5.91 Å². The Morgan fingerprint density at radius 3 is 2.63 bits per heavy atom. The van der Waals surface area contributed by atoms with E-state index < -0.39 is 0 Å². The summed E-state index contributed by atoms with van der Waals surface area (Å²) in [5.41, 5.74) is 4.63. The van der Waals surface area contributed by atoms with Gasteiger partial charge in [-0.3, -0.25) is 9.48 Å². The van der Waals surface area contributed by atoms with Crippen LogP contribution in [0, 0.1) is 0 Å². The van der Waals surface area contributed by atoms with Gasteiger partial charge in [-0.05, 0) is 48.3 Å². The quantitative estimate of drug-likeness (QED) is 0.575. The highest BCUT2D eigenvalue weighted by molar-refractivity contribution is 5.76. The molecule has 27 heavy (non-hydrogen) atoms. The fourth-order valence-electron chi connectivity index (χ4n) is 3.03. The summed E-state index contributed by atoms with van der Waals surface area (Å²) in [6.45, 7) is 2.16. The Morgan fingerprint density at radius 1 is 1.07 bits per heavy atom. The molecule has 0 radical (unpaired) electrons. The molecule has 0 aliphatic heterocycles. The molecule has 0 saturated carbocycles. The Morgan fingerprint density at radius 2 is 1.89 bits per heavy atom. The van der Waals surface area contributed by atoms with E-state index in [1.54, 1.807) is 6.20 Å². The van der Waals surface area contributed by atoms with Crippen LogP contribution in [0.3, 0.4) is 0 Å². The Kier molecular flexibility index (Phi) is 6.77. The van der Waals surface area contributed by atoms with Crippen LogP contribution in [0.1, 0.15) is 24.0 Å². The smallest absolute Gasteiger partial charge is 0.220 e. The highest BCUT2D eigenvalue weighted by atomic mass is 16.1.